The van der Waals surface area contributed by atoms with Crippen LogP contribution in [0.25, 0.3) is 0 Å². The summed E-state index contributed by atoms with van der Waals surface area (Å²) in [6, 6.07) is 0.372. The van der Waals surface area contributed by atoms with Gasteiger partial charge in [-0.05, 0) is 31.7 Å². The first kappa shape index (κ1) is 11.1. The monoisotopic (exact) mass is 215 g/mol. The Kier molecular flexibility index (Phi) is 3.10. The number of rotatable bonds is 1. The number of alkyl halides is 2. The first-order valence-electron chi connectivity index (χ1n) is 5.87. The van der Waals surface area contributed by atoms with Gasteiger partial charge >= 0.3 is 0 Å². The van der Waals surface area contributed by atoms with Crippen molar-refractivity contribution in [2.75, 3.05) is 6.54 Å². The van der Waals surface area contributed by atoms with E-state index in [1.807, 2.05) is 0 Å². The molecule has 2 aliphatic rings. The van der Waals surface area contributed by atoms with Crippen molar-refractivity contribution in [1.29, 1.82) is 0 Å². The molecule has 0 aromatic heterocycles. The summed E-state index contributed by atoms with van der Waals surface area (Å²) in [4.78, 5) is 0. The number of allylic oxidation sites excluding steroid dienone is 1. The van der Waals surface area contributed by atoms with E-state index in [1.165, 1.54) is 12.0 Å². The Hall–Kier alpha value is -0.440. The van der Waals surface area contributed by atoms with Crippen LogP contribution in [-0.2, 0) is 0 Å². The second-order valence-corrected chi connectivity index (χ2v) is 4.98. The summed E-state index contributed by atoms with van der Waals surface area (Å²) < 4.78 is 25.9. The van der Waals surface area contributed by atoms with Crippen LogP contribution in [0.3, 0.4) is 0 Å². The fourth-order valence-corrected chi connectivity index (χ4v) is 2.44. The van der Waals surface area contributed by atoms with Gasteiger partial charge in [0.15, 0.2) is 0 Å². The van der Waals surface area contributed by atoms with Gasteiger partial charge in [-0.1, -0.05) is 18.6 Å². The Bertz CT molecular complexity index is 252. The van der Waals surface area contributed by atoms with Crippen LogP contribution >= 0.6 is 0 Å². The highest BCUT2D eigenvalue weighted by Gasteiger charge is 2.33. The summed E-state index contributed by atoms with van der Waals surface area (Å²) in [6.45, 7) is 3.25. The van der Waals surface area contributed by atoms with Crippen LogP contribution in [0.15, 0.2) is 11.6 Å². The summed E-state index contributed by atoms with van der Waals surface area (Å²) in [5, 5.41) is 3.45. The Morgan fingerprint density at radius 1 is 1.40 bits per heavy atom. The van der Waals surface area contributed by atoms with Crippen molar-refractivity contribution in [3.63, 3.8) is 0 Å². The van der Waals surface area contributed by atoms with Gasteiger partial charge in [0, 0.05) is 18.9 Å². The number of halogens is 2. The van der Waals surface area contributed by atoms with Gasteiger partial charge in [-0.15, -0.1) is 0 Å². The standard InChI is InChI=1S/C12H19F2N/c1-9-2-3-11(15-8-9)10-4-6-12(13,14)7-5-10/h4,9,11,15H,2-3,5-8H2,1H3. The van der Waals surface area contributed by atoms with E-state index in [0.717, 1.165) is 18.9 Å². The van der Waals surface area contributed by atoms with Gasteiger partial charge in [0.05, 0.1) is 0 Å². The quantitative estimate of drug-likeness (QED) is 0.663. The molecule has 86 valence electrons. The average molecular weight is 215 g/mol. The maximum absolute atomic E-state index is 12.9. The molecule has 15 heavy (non-hydrogen) atoms. The molecule has 0 amide bonds. The molecule has 0 saturated carbocycles. The summed E-state index contributed by atoms with van der Waals surface area (Å²) in [5.74, 6) is -1.72. The van der Waals surface area contributed by atoms with Crippen LogP contribution in [0.1, 0.15) is 39.0 Å². The lowest BCUT2D eigenvalue weighted by atomic mass is 9.86. The van der Waals surface area contributed by atoms with E-state index >= 15 is 0 Å². The van der Waals surface area contributed by atoms with Crippen molar-refractivity contribution in [2.24, 2.45) is 5.92 Å². The molecule has 1 nitrogen and oxygen atoms in total. The predicted octanol–water partition coefficient (Wildman–Crippen LogP) is 3.12. The zero-order valence-corrected chi connectivity index (χ0v) is 9.23. The second-order valence-electron chi connectivity index (χ2n) is 4.98. The Labute approximate surface area is 89.9 Å². The third-order valence-electron chi connectivity index (χ3n) is 3.55. The molecular weight excluding hydrogens is 196 g/mol. The van der Waals surface area contributed by atoms with E-state index in [9.17, 15) is 8.78 Å². The molecule has 0 aromatic rings. The fraction of sp³-hybridized carbons (Fsp3) is 0.833. The minimum atomic E-state index is -2.45. The van der Waals surface area contributed by atoms with Gasteiger partial charge < -0.3 is 5.32 Å². The molecule has 0 aromatic carbocycles. The van der Waals surface area contributed by atoms with Gasteiger partial charge in [0.25, 0.3) is 5.92 Å². The molecule has 1 N–H and O–H groups in total. The largest absolute Gasteiger partial charge is 0.310 e. The van der Waals surface area contributed by atoms with Crippen molar-refractivity contribution in [2.45, 2.75) is 51.0 Å². The van der Waals surface area contributed by atoms with Crippen LogP contribution in [0.4, 0.5) is 8.78 Å². The predicted molar refractivity (Wildman–Crippen MR) is 57.1 cm³/mol. The Morgan fingerprint density at radius 3 is 2.73 bits per heavy atom. The second kappa shape index (κ2) is 4.20. The van der Waals surface area contributed by atoms with Crippen LogP contribution in [0.2, 0.25) is 0 Å². The van der Waals surface area contributed by atoms with Crippen molar-refractivity contribution >= 4 is 0 Å². The van der Waals surface area contributed by atoms with Gasteiger partial charge in [-0.3, -0.25) is 0 Å². The number of hydrogen-bond donors (Lipinski definition) is 1. The van der Waals surface area contributed by atoms with E-state index in [1.54, 1.807) is 6.08 Å². The van der Waals surface area contributed by atoms with Gasteiger partial charge in [0.2, 0.25) is 0 Å². The van der Waals surface area contributed by atoms with Crippen molar-refractivity contribution in [3.8, 4) is 0 Å². The maximum Gasteiger partial charge on any atom is 0.251 e. The third-order valence-corrected chi connectivity index (χ3v) is 3.55. The smallest absolute Gasteiger partial charge is 0.251 e. The van der Waals surface area contributed by atoms with Crippen molar-refractivity contribution in [1.82, 2.24) is 5.32 Å². The first-order valence-corrected chi connectivity index (χ1v) is 5.87. The highest BCUT2D eigenvalue weighted by molar-refractivity contribution is 5.16. The van der Waals surface area contributed by atoms with E-state index in [0.29, 0.717) is 12.5 Å². The molecule has 1 aliphatic carbocycles. The average Bonchev–Trinajstić information content (AvgIpc) is 2.20. The Morgan fingerprint density at radius 2 is 2.20 bits per heavy atom. The van der Waals surface area contributed by atoms with E-state index < -0.39 is 5.92 Å². The molecule has 1 fully saturated rings. The summed E-state index contributed by atoms with van der Waals surface area (Å²) in [5.41, 5.74) is 1.22. The lowest BCUT2D eigenvalue weighted by Gasteiger charge is -2.32. The first-order chi connectivity index (χ1) is 7.07. The molecular formula is C12H19F2N. The SMILES string of the molecule is CC1CCC(C2=CCC(F)(F)CC2)NC1. The zero-order chi connectivity index (χ0) is 10.9. The molecule has 2 rings (SSSR count). The minimum absolute atomic E-state index is 0.0343. The van der Waals surface area contributed by atoms with E-state index in [2.05, 4.69) is 12.2 Å². The zero-order valence-electron chi connectivity index (χ0n) is 9.23. The van der Waals surface area contributed by atoms with Crippen LogP contribution in [0.5, 0.6) is 0 Å². The number of piperidine rings is 1. The van der Waals surface area contributed by atoms with Crippen LogP contribution in [0, 0.1) is 5.92 Å². The lowest BCUT2D eigenvalue weighted by Crippen LogP contribution is -2.40. The normalized spacial score (nSPS) is 36.1. The third kappa shape index (κ3) is 2.77. The highest BCUT2D eigenvalue weighted by Crippen LogP contribution is 2.34. The summed E-state index contributed by atoms with van der Waals surface area (Å²) in [6.07, 6.45) is 4.63. The number of nitrogens with one attached hydrogen (secondary N) is 1. The molecule has 0 spiro atoms. The highest BCUT2D eigenvalue weighted by atomic mass is 19.3. The molecule has 1 aliphatic heterocycles. The van der Waals surface area contributed by atoms with Gasteiger partial charge in [0.1, 0.15) is 0 Å². The summed E-state index contributed by atoms with van der Waals surface area (Å²) >= 11 is 0. The van der Waals surface area contributed by atoms with Crippen LogP contribution in [-0.4, -0.2) is 18.5 Å². The molecule has 1 saturated heterocycles. The molecule has 3 heteroatoms. The van der Waals surface area contributed by atoms with Crippen molar-refractivity contribution in [3.05, 3.63) is 11.6 Å². The van der Waals surface area contributed by atoms with Crippen molar-refractivity contribution < 1.29 is 8.78 Å². The van der Waals surface area contributed by atoms with Crippen LogP contribution < -0.4 is 5.32 Å². The number of hydrogen-bond acceptors (Lipinski definition) is 1. The van der Waals surface area contributed by atoms with Gasteiger partial charge in [-0.25, -0.2) is 8.78 Å². The van der Waals surface area contributed by atoms with E-state index in [-0.39, 0.29) is 12.8 Å². The maximum atomic E-state index is 12.9. The lowest BCUT2D eigenvalue weighted by molar-refractivity contribution is -0.00957. The van der Waals surface area contributed by atoms with Gasteiger partial charge in [-0.2, -0.15) is 0 Å². The molecule has 0 radical (unpaired) electrons. The molecule has 2 atom stereocenters. The molecule has 2 unspecified atom stereocenters. The topological polar surface area (TPSA) is 12.0 Å². The molecule has 1 heterocycles. The van der Waals surface area contributed by atoms with E-state index in [4.69, 9.17) is 0 Å². The molecule has 0 bridgehead atoms. The Balaban J connectivity index is 1.92. The summed E-state index contributed by atoms with van der Waals surface area (Å²) in [7, 11) is 0. The fourth-order valence-electron chi connectivity index (χ4n) is 2.44. The minimum Gasteiger partial charge on any atom is -0.310 e.